The van der Waals surface area contributed by atoms with Crippen molar-refractivity contribution in [3.8, 4) is 11.4 Å². The predicted molar refractivity (Wildman–Crippen MR) is 49.3 cm³/mol. The SMILES string of the molecule is Cc1cc(-c2noc(C(=O)O)n2)cs1. The molecule has 72 valence electrons. The van der Waals surface area contributed by atoms with Crippen molar-refractivity contribution in [2.75, 3.05) is 0 Å². The Labute approximate surface area is 83.0 Å². The first-order valence-corrected chi connectivity index (χ1v) is 4.67. The third-order valence-corrected chi connectivity index (χ3v) is 2.46. The van der Waals surface area contributed by atoms with Gasteiger partial charge < -0.3 is 9.63 Å². The van der Waals surface area contributed by atoms with Crippen molar-refractivity contribution >= 4 is 17.3 Å². The number of carboxylic acid groups (broad SMARTS) is 1. The molecule has 0 amide bonds. The van der Waals surface area contributed by atoms with E-state index < -0.39 is 5.97 Å². The molecule has 0 unspecified atom stereocenters. The maximum absolute atomic E-state index is 10.5. The van der Waals surface area contributed by atoms with Gasteiger partial charge in [0.1, 0.15) is 0 Å². The standard InChI is InChI=1S/C8H6N2O3S/c1-4-2-5(3-14-4)6-9-7(8(11)12)13-10-6/h2-3H,1H3,(H,11,12). The number of aromatic carboxylic acids is 1. The second kappa shape index (κ2) is 3.22. The Bertz CT molecular complexity index is 474. The quantitative estimate of drug-likeness (QED) is 0.817. The van der Waals surface area contributed by atoms with Crippen molar-refractivity contribution < 1.29 is 14.4 Å². The fourth-order valence-electron chi connectivity index (χ4n) is 0.988. The molecule has 0 radical (unpaired) electrons. The Kier molecular flexibility index (Phi) is 2.05. The number of aryl methyl sites for hydroxylation is 1. The molecule has 0 saturated heterocycles. The van der Waals surface area contributed by atoms with Crippen LogP contribution in [0.4, 0.5) is 0 Å². The average molecular weight is 210 g/mol. The molecule has 6 heteroatoms. The van der Waals surface area contributed by atoms with Gasteiger partial charge in [0.15, 0.2) is 0 Å². The van der Waals surface area contributed by atoms with E-state index in [-0.39, 0.29) is 5.89 Å². The summed E-state index contributed by atoms with van der Waals surface area (Å²) in [5.41, 5.74) is 0.781. The van der Waals surface area contributed by atoms with Crippen LogP contribution in [0.15, 0.2) is 16.0 Å². The third kappa shape index (κ3) is 1.51. The number of rotatable bonds is 2. The molecule has 0 aromatic carbocycles. The number of hydrogen-bond donors (Lipinski definition) is 1. The van der Waals surface area contributed by atoms with Crippen molar-refractivity contribution in [2.45, 2.75) is 6.92 Å². The second-order valence-corrected chi connectivity index (χ2v) is 3.79. The van der Waals surface area contributed by atoms with Crippen LogP contribution in [-0.4, -0.2) is 21.2 Å². The van der Waals surface area contributed by atoms with Crippen LogP contribution in [-0.2, 0) is 0 Å². The molecule has 2 aromatic heterocycles. The van der Waals surface area contributed by atoms with Crippen molar-refractivity contribution in [2.24, 2.45) is 0 Å². The number of aromatic nitrogens is 2. The van der Waals surface area contributed by atoms with Gasteiger partial charge in [-0.3, -0.25) is 0 Å². The third-order valence-electron chi connectivity index (χ3n) is 1.60. The van der Waals surface area contributed by atoms with Crippen molar-refractivity contribution in [3.05, 3.63) is 22.2 Å². The summed E-state index contributed by atoms with van der Waals surface area (Å²) < 4.78 is 4.53. The molecule has 0 spiro atoms. The van der Waals surface area contributed by atoms with E-state index in [0.717, 1.165) is 10.4 Å². The Hall–Kier alpha value is -1.69. The van der Waals surface area contributed by atoms with Crippen molar-refractivity contribution in [1.82, 2.24) is 10.1 Å². The molecule has 0 bridgehead atoms. The summed E-state index contributed by atoms with van der Waals surface area (Å²) in [6.07, 6.45) is 0. The highest BCUT2D eigenvalue weighted by molar-refractivity contribution is 7.10. The van der Waals surface area contributed by atoms with E-state index in [9.17, 15) is 4.79 Å². The fraction of sp³-hybridized carbons (Fsp3) is 0.125. The van der Waals surface area contributed by atoms with Gasteiger partial charge in [0.05, 0.1) is 0 Å². The summed E-state index contributed by atoms with van der Waals surface area (Å²) in [6, 6.07) is 1.88. The lowest BCUT2D eigenvalue weighted by Crippen LogP contribution is -1.95. The molecular weight excluding hydrogens is 204 g/mol. The molecule has 0 aliphatic carbocycles. The Balaban J connectivity index is 2.38. The molecule has 14 heavy (non-hydrogen) atoms. The average Bonchev–Trinajstić information content (AvgIpc) is 2.70. The molecule has 0 aliphatic rings. The van der Waals surface area contributed by atoms with E-state index in [1.807, 2.05) is 18.4 Å². The van der Waals surface area contributed by atoms with Gasteiger partial charge >= 0.3 is 11.9 Å². The van der Waals surface area contributed by atoms with Crippen LogP contribution < -0.4 is 0 Å². The highest BCUT2D eigenvalue weighted by Crippen LogP contribution is 2.22. The van der Waals surface area contributed by atoms with E-state index in [0.29, 0.717) is 5.82 Å². The monoisotopic (exact) mass is 210 g/mol. The van der Waals surface area contributed by atoms with E-state index in [2.05, 4.69) is 14.7 Å². The molecule has 0 saturated carbocycles. The first-order valence-electron chi connectivity index (χ1n) is 3.79. The number of carboxylic acids is 1. The lowest BCUT2D eigenvalue weighted by atomic mass is 10.3. The van der Waals surface area contributed by atoms with Gasteiger partial charge in [-0.25, -0.2) is 4.79 Å². The summed E-state index contributed by atoms with van der Waals surface area (Å²) in [6.45, 7) is 1.95. The minimum absolute atomic E-state index is 0.312. The van der Waals surface area contributed by atoms with Gasteiger partial charge in [-0.15, -0.1) is 11.3 Å². The molecule has 5 nitrogen and oxygen atoms in total. The maximum atomic E-state index is 10.5. The maximum Gasteiger partial charge on any atom is 0.394 e. The minimum Gasteiger partial charge on any atom is -0.474 e. The Morgan fingerprint density at radius 1 is 1.64 bits per heavy atom. The lowest BCUT2D eigenvalue weighted by molar-refractivity contribution is 0.0643. The lowest BCUT2D eigenvalue weighted by Gasteiger charge is -1.82. The van der Waals surface area contributed by atoms with E-state index in [1.54, 1.807) is 11.3 Å². The van der Waals surface area contributed by atoms with Gasteiger partial charge in [-0.05, 0) is 13.0 Å². The van der Waals surface area contributed by atoms with Crippen molar-refractivity contribution in [1.29, 1.82) is 0 Å². The zero-order valence-electron chi connectivity index (χ0n) is 7.22. The van der Waals surface area contributed by atoms with E-state index >= 15 is 0 Å². The summed E-state index contributed by atoms with van der Waals surface area (Å²) in [5, 5.41) is 14.0. The van der Waals surface area contributed by atoms with Crippen LogP contribution in [0.1, 0.15) is 15.6 Å². The molecule has 0 atom stereocenters. The van der Waals surface area contributed by atoms with Gasteiger partial charge in [0, 0.05) is 15.8 Å². The number of thiophene rings is 1. The first kappa shape index (κ1) is 8.89. The highest BCUT2D eigenvalue weighted by Gasteiger charge is 2.14. The number of carbonyl (C=O) groups is 1. The van der Waals surface area contributed by atoms with Crippen LogP contribution in [0.5, 0.6) is 0 Å². The first-order chi connectivity index (χ1) is 6.66. The summed E-state index contributed by atoms with van der Waals surface area (Å²) >= 11 is 1.55. The largest absolute Gasteiger partial charge is 0.474 e. The Morgan fingerprint density at radius 2 is 2.43 bits per heavy atom. The van der Waals surface area contributed by atoms with Gasteiger partial charge in [0.2, 0.25) is 5.82 Å². The zero-order valence-corrected chi connectivity index (χ0v) is 8.04. The van der Waals surface area contributed by atoms with E-state index in [4.69, 9.17) is 5.11 Å². The van der Waals surface area contributed by atoms with Crippen LogP contribution in [0.25, 0.3) is 11.4 Å². The topological polar surface area (TPSA) is 76.2 Å². The molecule has 2 aromatic rings. The zero-order chi connectivity index (χ0) is 10.1. The molecule has 2 rings (SSSR count). The minimum atomic E-state index is -1.21. The fourth-order valence-corrected chi connectivity index (χ4v) is 1.67. The molecule has 0 fully saturated rings. The number of nitrogens with zero attached hydrogens (tertiary/aromatic N) is 2. The van der Waals surface area contributed by atoms with Crippen LogP contribution in [0.3, 0.4) is 0 Å². The molecule has 1 N–H and O–H groups in total. The van der Waals surface area contributed by atoms with Crippen LogP contribution in [0.2, 0.25) is 0 Å². The highest BCUT2D eigenvalue weighted by atomic mass is 32.1. The number of hydrogen-bond acceptors (Lipinski definition) is 5. The van der Waals surface area contributed by atoms with Crippen LogP contribution in [0, 0.1) is 6.92 Å². The second-order valence-electron chi connectivity index (χ2n) is 2.67. The predicted octanol–water partition coefficient (Wildman–Crippen LogP) is 1.80. The Morgan fingerprint density at radius 3 is 2.93 bits per heavy atom. The molecule has 2 heterocycles. The van der Waals surface area contributed by atoms with Gasteiger partial charge in [-0.1, -0.05) is 5.16 Å². The van der Waals surface area contributed by atoms with Crippen molar-refractivity contribution in [3.63, 3.8) is 0 Å². The molecule has 0 aliphatic heterocycles. The van der Waals surface area contributed by atoms with Crippen LogP contribution >= 0.6 is 11.3 Å². The van der Waals surface area contributed by atoms with E-state index in [1.165, 1.54) is 0 Å². The normalized spacial score (nSPS) is 10.4. The van der Waals surface area contributed by atoms with Gasteiger partial charge in [-0.2, -0.15) is 4.98 Å². The summed E-state index contributed by atoms with van der Waals surface area (Å²) in [7, 11) is 0. The summed E-state index contributed by atoms with van der Waals surface area (Å²) in [5.74, 6) is -1.29. The smallest absolute Gasteiger partial charge is 0.394 e. The summed E-state index contributed by atoms with van der Waals surface area (Å²) in [4.78, 5) is 15.3. The molecular formula is C8H6N2O3S. The van der Waals surface area contributed by atoms with Gasteiger partial charge in [0.25, 0.3) is 0 Å².